The summed E-state index contributed by atoms with van der Waals surface area (Å²) in [5.41, 5.74) is 2.71. The van der Waals surface area contributed by atoms with Crippen LogP contribution in [0.15, 0.2) is 12.3 Å². The van der Waals surface area contributed by atoms with Crippen LogP contribution in [-0.4, -0.2) is 41.1 Å². The van der Waals surface area contributed by atoms with Crippen LogP contribution in [0.25, 0.3) is 5.65 Å². The number of fused-ring (bicyclic) bond motifs is 1. The van der Waals surface area contributed by atoms with E-state index in [1.807, 2.05) is 19.9 Å². The fraction of sp³-hybridized carbons (Fsp3) is 0.273. The normalized spacial score (nSPS) is 10.9. The molecule has 9 nitrogen and oxygen atoms in total. The molecule has 0 aliphatic carbocycles. The first-order chi connectivity index (χ1) is 9.65. The molecule has 3 heterocycles. The molecule has 3 aromatic rings. The van der Waals surface area contributed by atoms with E-state index in [0.29, 0.717) is 17.0 Å². The van der Waals surface area contributed by atoms with Gasteiger partial charge in [0.05, 0.1) is 12.7 Å². The number of nitrogens with zero attached hydrogens (tertiary/aromatic N) is 6. The van der Waals surface area contributed by atoms with Crippen LogP contribution in [0, 0.1) is 13.8 Å². The Kier molecular flexibility index (Phi) is 2.86. The number of carbonyl (C=O) groups is 1. The minimum atomic E-state index is -0.276. The molecule has 3 aromatic heterocycles. The lowest BCUT2D eigenvalue weighted by Crippen LogP contribution is -2.23. The summed E-state index contributed by atoms with van der Waals surface area (Å²) in [6, 6.07) is 1.90. The molecule has 0 saturated carbocycles. The highest BCUT2D eigenvalue weighted by Crippen LogP contribution is 2.11. The maximum absolute atomic E-state index is 12.1. The third-order valence-corrected chi connectivity index (χ3v) is 2.82. The Bertz CT molecular complexity index is 760. The lowest BCUT2D eigenvalue weighted by molar-refractivity contribution is 0.0951. The molecule has 0 bridgehead atoms. The average Bonchev–Trinajstić information content (AvgIpc) is 3.04. The Morgan fingerprint density at radius 3 is 3.05 bits per heavy atom. The number of aryl methyl sites for hydroxylation is 2. The highest BCUT2D eigenvalue weighted by atomic mass is 16.1. The number of amides is 1. The van der Waals surface area contributed by atoms with Gasteiger partial charge in [-0.3, -0.25) is 4.79 Å². The summed E-state index contributed by atoms with van der Waals surface area (Å²) >= 11 is 0. The predicted octanol–water partition coefficient (Wildman–Crippen LogP) is -0.211. The summed E-state index contributed by atoms with van der Waals surface area (Å²) in [5, 5.41) is 20.1. The van der Waals surface area contributed by atoms with Gasteiger partial charge in [-0.2, -0.15) is 10.3 Å². The van der Waals surface area contributed by atoms with E-state index in [1.165, 1.54) is 6.20 Å². The monoisotopic (exact) mass is 272 g/mol. The molecule has 0 aliphatic rings. The molecular formula is C11H12N8O. The van der Waals surface area contributed by atoms with Gasteiger partial charge in [0.1, 0.15) is 5.56 Å². The molecule has 2 N–H and O–H groups in total. The minimum absolute atomic E-state index is 0.192. The Morgan fingerprint density at radius 1 is 1.45 bits per heavy atom. The van der Waals surface area contributed by atoms with Crippen LogP contribution < -0.4 is 5.32 Å². The first-order valence-corrected chi connectivity index (χ1v) is 5.97. The molecule has 0 aromatic carbocycles. The van der Waals surface area contributed by atoms with E-state index in [9.17, 15) is 4.79 Å². The molecule has 0 spiro atoms. The number of hydrogen-bond acceptors (Lipinski definition) is 6. The molecule has 1 amide bonds. The molecule has 0 atom stereocenters. The summed E-state index contributed by atoms with van der Waals surface area (Å²) in [7, 11) is 0. The van der Waals surface area contributed by atoms with Gasteiger partial charge >= 0.3 is 0 Å². The number of rotatable bonds is 3. The van der Waals surface area contributed by atoms with Gasteiger partial charge in [0.25, 0.3) is 5.91 Å². The van der Waals surface area contributed by atoms with E-state index < -0.39 is 0 Å². The van der Waals surface area contributed by atoms with Crippen LogP contribution in [0.4, 0.5) is 0 Å². The van der Waals surface area contributed by atoms with E-state index in [1.54, 1.807) is 4.52 Å². The van der Waals surface area contributed by atoms with Crippen molar-refractivity contribution in [1.82, 2.24) is 40.5 Å². The molecule has 0 aliphatic heterocycles. The highest BCUT2D eigenvalue weighted by Gasteiger charge is 2.15. The van der Waals surface area contributed by atoms with Gasteiger partial charge in [0.15, 0.2) is 11.5 Å². The molecule has 20 heavy (non-hydrogen) atoms. The zero-order valence-electron chi connectivity index (χ0n) is 11.0. The molecule has 9 heteroatoms. The van der Waals surface area contributed by atoms with Gasteiger partial charge in [0, 0.05) is 11.4 Å². The third-order valence-electron chi connectivity index (χ3n) is 2.82. The summed E-state index contributed by atoms with van der Waals surface area (Å²) in [4.78, 5) is 16.5. The maximum Gasteiger partial charge on any atom is 0.257 e. The average molecular weight is 272 g/mol. The lowest BCUT2D eigenvalue weighted by atomic mass is 10.3. The number of H-pyrrole nitrogens is 1. The third kappa shape index (κ3) is 2.09. The van der Waals surface area contributed by atoms with Crippen molar-refractivity contribution in [3.8, 4) is 0 Å². The summed E-state index contributed by atoms with van der Waals surface area (Å²) < 4.78 is 1.64. The second-order valence-corrected chi connectivity index (χ2v) is 4.34. The van der Waals surface area contributed by atoms with Gasteiger partial charge in [-0.1, -0.05) is 5.21 Å². The number of aromatic nitrogens is 7. The highest BCUT2D eigenvalue weighted by molar-refractivity contribution is 5.99. The van der Waals surface area contributed by atoms with Crippen LogP contribution in [0.5, 0.6) is 0 Å². The van der Waals surface area contributed by atoms with E-state index in [0.717, 1.165) is 11.4 Å². The number of hydrogen-bond donors (Lipinski definition) is 2. The smallest absolute Gasteiger partial charge is 0.257 e. The number of carbonyl (C=O) groups excluding carboxylic acids is 1. The Morgan fingerprint density at radius 2 is 2.30 bits per heavy atom. The Labute approximate surface area is 113 Å². The summed E-state index contributed by atoms with van der Waals surface area (Å²) in [6.45, 7) is 3.98. The zero-order valence-corrected chi connectivity index (χ0v) is 11.0. The fourth-order valence-corrected chi connectivity index (χ4v) is 1.94. The van der Waals surface area contributed by atoms with Gasteiger partial charge < -0.3 is 5.32 Å². The van der Waals surface area contributed by atoms with Crippen LogP contribution in [0.1, 0.15) is 27.6 Å². The first-order valence-electron chi connectivity index (χ1n) is 5.97. The Balaban J connectivity index is 1.88. The van der Waals surface area contributed by atoms with E-state index >= 15 is 0 Å². The van der Waals surface area contributed by atoms with Crippen LogP contribution in [-0.2, 0) is 6.54 Å². The number of nitrogens with one attached hydrogen (secondary N) is 2. The van der Waals surface area contributed by atoms with Crippen LogP contribution in [0.2, 0.25) is 0 Å². The summed E-state index contributed by atoms with van der Waals surface area (Å²) in [6.07, 6.45) is 1.50. The Hall–Kier alpha value is -2.84. The van der Waals surface area contributed by atoms with Gasteiger partial charge in [-0.25, -0.2) is 9.50 Å². The molecule has 0 radical (unpaired) electrons. The second-order valence-electron chi connectivity index (χ2n) is 4.34. The van der Waals surface area contributed by atoms with E-state index in [4.69, 9.17) is 0 Å². The van der Waals surface area contributed by atoms with Crippen molar-refractivity contribution in [1.29, 1.82) is 0 Å². The molecule has 0 unspecified atom stereocenters. The molecule has 3 rings (SSSR count). The first kappa shape index (κ1) is 12.2. The van der Waals surface area contributed by atoms with Crippen LogP contribution >= 0.6 is 0 Å². The zero-order chi connectivity index (χ0) is 14.1. The maximum atomic E-state index is 12.1. The largest absolute Gasteiger partial charge is 0.344 e. The molecule has 0 saturated heterocycles. The van der Waals surface area contributed by atoms with Crippen molar-refractivity contribution in [2.24, 2.45) is 0 Å². The van der Waals surface area contributed by atoms with Crippen molar-refractivity contribution in [2.75, 3.05) is 0 Å². The lowest BCUT2D eigenvalue weighted by Gasteiger charge is -2.03. The van der Waals surface area contributed by atoms with Crippen molar-refractivity contribution < 1.29 is 4.79 Å². The van der Waals surface area contributed by atoms with Crippen molar-refractivity contribution >= 4 is 11.6 Å². The van der Waals surface area contributed by atoms with E-state index in [-0.39, 0.29) is 12.5 Å². The quantitative estimate of drug-likeness (QED) is 0.682. The summed E-state index contributed by atoms with van der Waals surface area (Å²) in [5.74, 6) is 0.137. The van der Waals surface area contributed by atoms with E-state index in [2.05, 4.69) is 36.0 Å². The second kappa shape index (κ2) is 4.68. The SMILES string of the molecule is Cc1cc(C)n2ncc(C(=O)NCc3nn[nH]n3)c2n1. The van der Waals surface area contributed by atoms with Gasteiger partial charge in [-0.15, -0.1) is 10.2 Å². The van der Waals surface area contributed by atoms with Crippen molar-refractivity contribution in [3.63, 3.8) is 0 Å². The molecule has 0 fully saturated rings. The standard InChI is InChI=1S/C11H12N8O/c1-6-3-7(2)19-10(14-6)8(4-13-19)11(20)12-5-9-15-17-18-16-9/h3-4H,5H2,1-2H3,(H,12,20)(H,15,16,17,18). The molecule has 102 valence electrons. The van der Waals surface area contributed by atoms with Crippen molar-refractivity contribution in [2.45, 2.75) is 20.4 Å². The van der Waals surface area contributed by atoms with Gasteiger partial charge in [0.2, 0.25) is 0 Å². The van der Waals surface area contributed by atoms with Crippen LogP contribution in [0.3, 0.4) is 0 Å². The minimum Gasteiger partial charge on any atom is -0.344 e. The topological polar surface area (TPSA) is 114 Å². The number of tetrazole rings is 1. The molecular weight excluding hydrogens is 260 g/mol. The predicted molar refractivity (Wildman–Crippen MR) is 67.8 cm³/mol. The fourth-order valence-electron chi connectivity index (χ4n) is 1.94. The van der Waals surface area contributed by atoms with Crippen molar-refractivity contribution in [3.05, 3.63) is 35.0 Å². The number of aromatic amines is 1. The van der Waals surface area contributed by atoms with Gasteiger partial charge in [-0.05, 0) is 19.9 Å².